The minimum atomic E-state index is 0.128. The zero-order chi connectivity index (χ0) is 45.1. The van der Waals surface area contributed by atoms with Gasteiger partial charge in [0.15, 0.2) is 11.6 Å². The molecule has 6 aliphatic heterocycles. The number of amides is 2. The van der Waals surface area contributed by atoms with Gasteiger partial charge in [-0.3, -0.25) is 28.3 Å². The maximum atomic E-state index is 12.2. The summed E-state index contributed by atoms with van der Waals surface area (Å²) in [7, 11) is 3.89. The molecule has 0 radical (unpaired) electrons. The van der Waals surface area contributed by atoms with Crippen molar-refractivity contribution in [1.29, 1.82) is 0 Å². The zero-order valence-corrected chi connectivity index (χ0v) is 38.7. The van der Waals surface area contributed by atoms with Crippen molar-refractivity contribution in [3.05, 3.63) is 94.8 Å². The molecule has 2 fully saturated rings. The molecule has 6 aliphatic rings. The van der Waals surface area contributed by atoms with Gasteiger partial charge in [0.2, 0.25) is 11.8 Å². The van der Waals surface area contributed by atoms with Crippen molar-refractivity contribution in [2.45, 2.75) is 90.4 Å². The third kappa shape index (κ3) is 7.86. The van der Waals surface area contributed by atoms with Gasteiger partial charge in [0.05, 0.1) is 50.8 Å². The van der Waals surface area contributed by atoms with Gasteiger partial charge in [0, 0.05) is 138 Å². The van der Waals surface area contributed by atoms with E-state index in [0.29, 0.717) is 13.1 Å². The fourth-order valence-electron chi connectivity index (χ4n) is 11.0. The average molecular weight is 893 g/mol. The summed E-state index contributed by atoms with van der Waals surface area (Å²) in [4.78, 5) is 33.0. The number of hydrogen-bond donors (Lipinski definition) is 0. The highest BCUT2D eigenvalue weighted by molar-refractivity contribution is 5.78. The molecule has 2 saturated heterocycles. The molecular weight excluding hydrogens is 833 g/mol. The first-order valence-corrected chi connectivity index (χ1v) is 23.8. The first kappa shape index (κ1) is 42.4. The van der Waals surface area contributed by atoms with Crippen LogP contribution in [0.1, 0.15) is 85.3 Å². The molecule has 0 N–H and O–H groups in total. The van der Waals surface area contributed by atoms with Gasteiger partial charge in [-0.25, -0.2) is 0 Å². The van der Waals surface area contributed by atoms with Crippen molar-refractivity contribution < 1.29 is 19.1 Å². The Morgan fingerprint density at radius 2 is 1.05 bits per heavy atom. The molecular formula is C50H60N12O4. The molecule has 2 atom stereocenters. The van der Waals surface area contributed by atoms with Crippen molar-refractivity contribution >= 4 is 34.8 Å². The lowest BCUT2D eigenvalue weighted by atomic mass is 9.96. The zero-order valence-electron chi connectivity index (χ0n) is 38.7. The summed E-state index contributed by atoms with van der Waals surface area (Å²) < 4.78 is 19.5. The van der Waals surface area contributed by atoms with Crippen LogP contribution in [-0.4, -0.2) is 113 Å². The van der Waals surface area contributed by atoms with Crippen LogP contribution >= 0.6 is 0 Å². The van der Waals surface area contributed by atoms with E-state index in [9.17, 15) is 9.59 Å². The molecule has 4 aromatic heterocycles. The maximum absolute atomic E-state index is 12.2. The van der Waals surface area contributed by atoms with Gasteiger partial charge >= 0.3 is 0 Å². The number of hydrogen-bond acceptors (Lipinski definition) is 10. The summed E-state index contributed by atoms with van der Waals surface area (Å²) in [5.74, 6) is 2.28. The topological polar surface area (TPSA) is 137 Å². The number of carbonyl (C=O) groups excluding carboxylic acids is 2. The number of fused-ring (bicyclic) bond motifs is 4. The Hall–Kier alpha value is -6.26. The van der Waals surface area contributed by atoms with Gasteiger partial charge in [-0.05, 0) is 85.0 Å². The third-order valence-electron chi connectivity index (χ3n) is 14.5. The van der Waals surface area contributed by atoms with E-state index in [1.807, 2.05) is 45.7 Å². The Morgan fingerprint density at radius 3 is 1.42 bits per heavy atom. The third-order valence-corrected chi connectivity index (χ3v) is 14.5. The molecule has 16 heteroatoms. The average Bonchev–Trinajstić information content (AvgIpc) is 4.21. The van der Waals surface area contributed by atoms with Gasteiger partial charge in [-0.2, -0.15) is 20.4 Å². The number of rotatable bonds is 6. The van der Waals surface area contributed by atoms with E-state index in [0.717, 1.165) is 127 Å². The van der Waals surface area contributed by atoms with Crippen LogP contribution < -0.4 is 9.80 Å². The summed E-state index contributed by atoms with van der Waals surface area (Å²) in [5, 5.41) is 19.0. The normalized spacial score (nSPS) is 20.1. The summed E-state index contributed by atoms with van der Waals surface area (Å²) in [6.07, 6.45) is 15.9. The van der Waals surface area contributed by atoms with Crippen LogP contribution in [0.25, 0.3) is 22.3 Å². The van der Waals surface area contributed by atoms with E-state index in [1.54, 1.807) is 13.8 Å². The highest BCUT2D eigenvalue weighted by Gasteiger charge is 2.36. The van der Waals surface area contributed by atoms with E-state index < -0.39 is 0 Å². The number of benzene rings is 2. The number of ether oxygens (including phenoxy) is 2. The summed E-state index contributed by atoms with van der Waals surface area (Å²) in [6.45, 7) is 11.0. The van der Waals surface area contributed by atoms with Gasteiger partial charge in [0.25, 0.3) is 0 Å². The summed E-state index contributed by atoms with van der Waals surface area (Å²) in [5.41, 5.74) is 14.8. The fourth-order valence-corrected chi connectivity index (χ4v) is 11.0. The lowest BCUT2D eigenvalue weighted by molar-refractivity contribution is -0.130. The van der Waals surface area contributed by atoms with Crippen LogP contribution in [-0.2, 0) is 71.9 Å². The largest absolute Gasteiger partial charge is 0.379 e. The lowest BCUT2D eigenvalue weighted by Crippen LogP contribution is -2.35. The van der Waals surface area contributed by atoms with Gasteiger partial charge in [-0.15, -0.1) is 0 Å². The highest BCUT2D eigenvalue weighted by atomic mass is 16.5. The SMILES string of the molecule is CC(=O)N1CCc2c(c(N3CCCc4cc(-c5cnn(C)c5)ccc43)nn2[C@@H]2CCOC2)C1.CC(=O)N1CCc2c(c(N3CCCc4cc(-c5cnn(C)c5)ccc43)nn2[C@H]2CCOC2)C1. The van der Waals surface area contributed by atoms with Gasteiger partial charge in [0.1, 0.15) is 0 Å². The molecule has 16 nitrogen and oxygen atoms in total. The molecule has 66 heavy (non-hydrogen) atoms. The second-order valence-corrected chi connectivity index (χ2v) is 18.8. The molecule has 2 amide bonds. The highest BCUT2D eigenvalue weighted by Crippen LogP contribution is 2.42. The number of aromatic nitrogens is 8. The fraction of sp³-hybridized carbons (Fsp3) is 0.480. The Labute approximate surface area is 385 Å². The van der Waals surface area contributed by atoms with Crippen molar-refractivity contribution in [3.8, 4) is 22.3 Å². The minimum absolute atomic E-state index is 0.128. The first-order valence-electron chi connectivity index (χ1n) is 23.8. The summed E-state index contributed by atoms with van der Waals surface area (Å²) >= 11 is 0. The minimum Gasteiger partial charge on any atom is -0.379 e. The van der Waals surface area contributed by atoms with Crippen LogP contribution in [0, 0.1) is 0 Å². The molecule has 10 heterocycles. The molecule has 6 aromatic rings. The number of nitrogens with zero attached hydrogens (tertiary/aromatic N) is 12. The smallest absolute Gasteiger partial charge is 0.219 e. The predicted octanol–water partition coefficient (Wildman–Crippen LogP) is 6.47. The second-order valence-electron chi connectivity index (χ2n) is 18.8. The van der Waals surface area contributed by atoms with Crippen molar-refractivity contribution in [1.82, 2.24) is 48.9 Å². The van der Waals surface area contributed by atoms with E-state index in [1.165, 1.54) is 56.1 Å². The van der Waals surface area contributed by atoms with Crippen LogP contribution in [0.4, 0.5) is 23.0 Å². The Bertz CT molecular complexity index is 2600. The predicted molar refractivity (Wildman–Crippen MR) is 251 cm³/mol. The first-order chi connectivity index (χ1) is 32.2. The van der Waals surface area contributed by atoms with E-state index in [2.05, 4.69) is 78.2 Å². The Balaban J connectivity index is 0.000000146. The standard InChI is InChI=1S/2C25H30N6O2/c2*1-17(32)29-10-7-24-22(15-29)25(27-31(24)21-8-11-33-16-21)30-9-3-4-19-12-18(5-6-23(19)30)20-13-26-28(2)14-20/h2*5-6,12-14,21H,3-4,7-11,15-16H2,1-2H3/t2*21-/m10/s1. The van der Waals surface area contributed by atoms with E-state index in [4.69, 9.17) is 19.7 Å². The van der Waals surface area contributed by atoms with Crippen molar-refractivity contribution in [2.75, 3.05) is 62.4 Å². The van der Waals surface area contributed by atoms with Crippen molar-refractivity contribution in [2.24, 2.45) is 14.1 Å². The van der Waals surface area contributed by atoms with Crippen LogP contribution in [0.2, 0.25) is 0 Å². The molecule has 0 spiro atoms. The van der Waals surface area contributed by atoms with Crippen LogP contribution in [0.15, 0.2) is 61.2 Å². The molecule has 12 rings (SSSR count). The number of aryl methyl sites for hydroxylation is 4. The number of carbonyl (C=O) groups is 2. The van der Waals surface area contributed by atoms with Gasteiger partial charge < -0.3 is 29.1 Å². The molecule has 2 aromatic carbocycles. The Morgan fingerprint density at radius 1 is 0.591 bits per heavy atom. The van der Waals surface area contributed by atoms with Crippen molar-refractivity contribution in [3.63, 3.8) is 0 Å². The lowest BCUT2D eigenvalue weighted by Gasteiger charge is -2.32. The second kappa shape index (κ2) is 17.5. The monoisotopic (exact) mass is 892 g/mol. The Kier molecular flexibility index (Phi) is 11.2. The van der Waals surface area contributed by atoms with Crippen LogP contribution in [0.5, 0.6) is 0 Å². The molecule has 0 unspecified atom stereocenters. The van der Waals surface area contributed by atoms with E-state index in [-0.39, 0.29) is 23.9 Å². The van der Waals surface area contributed by atoms with Crippen LogP contribution in [0.3, 0.4) is 0 Å². The molecule has 344 valence electrons. The number of anilines is 4. The maximum Gasteiger partial charge on any atom is 0.219 e. The quantitative estimate of drug-likeness (QED) is 0.183. The summed E-state index contributed by atoms with van der Waals surface area (Å²) in [6, 6.07) is 14.0. The van der Waals surface area contributed by atoms with Gasteiger partial charge in [-0.1, -0.05) is 12.1 Å². The molecule has 0 saturated carbocycles. The van der Waals surface area contributed by atoms with E-state index >= 15 is 0 Å². The molecule has 0 aliphatic carbocycles. The molecule has 0 bridgehead atoms.